The molecule has 1 N–H and O–H groups in total. The zero-order valence-electron chi connectivity index (χ0n) is 8.18. The predicted molar refractivity (Wildman–Crippen MR) is 54.0 cm³/mol. The largest absolute Gasteiger partial charge is 0.356 e. The van der Waals surface area contributed by atoms with E-state index in [1.54, 1.807) is 11.3 Å². The summed E-state index contributed by atoms with van der Waals surface area (Å²) in [6.07, 6.45) is 0.832. The highest BCUT2D eigenvalue weighted by molar-refractivity contribution is 7.11. The Morgan fingerprint density at radius 1 is 1.54 bits per heavy atom. The Morgan fingerprint density at radius 2 is 2.23 bits per heavy atom. The molecule has 1 aromatic heterocycles. The molecule has 0 aliphatic heterocycles. The van der Waals surface area contributed by atoms with Crippen LogP contribution in [0.4, 0.5) is 0 Å². The average molecular weight is 198 g/mol. The van der Waals surface area contributed by atoms with Gasteiger partial charge in [0.15, 0.2) is 0 Å². The zero-order chi connectivity index (χ0) is 9.84. The first-order valence-corrected chi connectivity index (χ1v) is 5.08. The van der Waals surface area contributed by atoms with Gasteiger partial charge < -0.3 is 5.32 Å². The number of hydrogen-bond acceptors (Lipinski definition) is 3. The van der Waals surface area contributed by atoms with Crippen LogP contribution in [0.2, 0.25) is 0 Å². The maximum Gasteiger partial charge on any atom is 0.216 e. The van der Waals surface area contributed by atoms with E-state index >= 15 is 0 Å². The van der Waals surface area contributed by atoms with Gasteiger partial charge in [-0.2, -0.15) is 0 Å². The van der Waals surface area contributed by atoms with Gasteiger partial charge in [0.25, 0.3) is 0 Å². The molecule has 1 aromatic rings. The molecule has 0 saturated heterocycles. The van der Waals surface area contributed by atoms with Gasteiger partial charge >= 0.3 is 0 Å². The molecule has 0 atom stereocenters. The van der Waals surface area contributed by atoms with Crippen molar-refractivity contribution in [1.29, 1.82) is 0 Å². The van der Waals surface area contributed by atoms with E-state index < -0.39 is 0 Å². The monoisotopic (exact) mass is 198 g/mol. The highest BCUT2D eigenvalue weighted by atomic mass is 32.1. The first-order valence-electron chi connectivity index (χ1n) is 4.27. The number of nitrogens with zero attached hydrogens (tertiary/aromatic N) is 1. The minimum absolute atomic E-state index is 0.0185. The fourth-order valence-electron chi connectivity index (χ4n) is 0.992. The van der Waals surface area contributed by atoms with Crippen LogP contribution in [0.1, 0.15) is 22.5 Å². The lowest BCUT2D eigenvalue weighted by atomic mass is 10.4. The lowest BCUT2D eigenvalue weighted by Gasteiger charge is -1.97. The molecule has 4 heteroatoms. The number of rotatable bonds is 3. The number of hydrogen-bond donors (Lipinski definition) is 1. The van der Waals surface area contributed by atoms with Gasteiger partial charge in [-0.05, 0) is 13.8 Å². The SMILES string of the molecule is CC(=O)NCCc1nc(C)c(C)s1. The molecule has 0 unspecified atom stereocenters. The van der Waals surface area contributed by atoms with Gasteiger partial charge in [0.1, 0.15) is 0 Å². The Morgan fingerprint density at radius 3 is 2.69 bits per heavy atom. The van der Waals surface area contributed by atoms with Crippen LogP contribution in [0.3, 0.4) is 0 Å². The van der Waals surface area contributed by atoms with E-state index in [1.807, 2.05) is 6.92 Å². The number of aromatic nitrogens is 1. The molecule has 0 saturated carbocycles. The zero-order valence-corrected chi connectivity index (χ0v) is 8.99. The molecule has 0 radical (unpaired) electrons. The molecular weight excluding hydrogens is 184 g/mol. The first kappa shape index (κ1) is 10.2. The number of aryl methyl sites for hydroxylation is 2. The number of carbonyl (C=O) groups excluding carboxylic acids is 1. The second kappa shape index (κ2) is 4.37. The molecule has 1 amide bonds. The number of amides is 1. The van der Waals surface area contributed by atoms with Gasteiger partial charge in [-0.3, -0.25) is 4.79 Å². The Bertz CT molecular complexity index is 287. The summed E-state index contributed by atoms with van der Waals surface area (Å²) in [6, 6.07) is 0. The third-order valence-electron chi connectivity index (χ3n) is 1.79. The van der Waals surface area contributed by atoms with Gasteiger partial charge in [0.05, 0.1) is 10.7 Å². The number of carbonyl (C=O) groups is 1. The third-order valence-corrected chi connectivity index (χ3v) is 2.92. The summed E-state index contributed by atoms with van der Waals surface area (Å²) in [5.41, 5.74) is 1.10. The highest BCUT2D eigenvalue weighted by Crippen LogP contribution is 2.16. The summed E-state index contributed by atoms with van der Waals surface area (Å²) < 4.78 is 0. The van der Waals surface area contributed by atoms with Gasteiger partial charge in [0.2, 0.25) is 5.91 Å². The van der Waals surface area contributed by atoms with Crippen molar-refractivity contribution in [2.24, 2.45) is 0 Å². The van der Waals surface area contributed by atoms with Crippen molar-refractivity contribution in [2.75, 3.05) is 6.54 Å². The predicted octanol–water partition coefficient (Wildman–Crippen LogP) is 1.44. The van der Waals surface area contributed by atoms with Crippen molar-refractivity contribution in [1.82, 2.24) is 10.3 Å². The van der Waals surface area contributed by atoms with Crippen LogP contribution in [0.15, 0.2) is 0 Å². The summed E-state index contributed by atoms with van der Waals surface area (Å²) in [6.45, 7) is 6.28. The van der Waals surface area contributed by atoms with E-state index in [1.165, 1.54) is 11.8 Å². The van der Waals surface area contributed by atoms with Crippen molar-refractivity contribution in [2.45, 2.75) is 27.2 Å². The lowest BCUT2D eigenvalue weighted by molar-refractivity contribution is -0.118. The van der Waals surface area contributed by atoms with E-state index in [9.17, 15) is 4.79 Å². The van der Waals surface area contributed by atoms with E-state index in [0.717, 1.165) is 17.1 Å². The smallest absolute Gasteiger partial charge is 0.216 e. The topological polar surface area (TPSA) is 42.0 Å². The van der Waals surface area contributed by atoms with E-state index in [4.69, 9.17) is 0 Å². The van der Waals surface area contributed by atoms with Crippen LogP contribution in [0.5, 0.6) is 0 Å². The second-order valence-corrected chi connectivity index (χ2v) is 4.27. The molecular formula is C9H14N2OS. The molecule has 0 aromatic carbocycles. The minimum Gasteiger partial charge on any atom is -0.356 e. The van der Waals surface area contributed by atoms with Gasteiger partial charge in [0, 0.05) is 24.8 Å². The lowest BCUT2D eigenvalue weighted by Crippen LogP contribution is -2.22. The van der Waals surface area contributed by atoms with Crippen LogP contribution >= 0.6 is 11.3 Å². The molecule has 0 aliphatic rings. The van der Waals surface area contributed by atoms with E-state index in [-0.39, 0.29) is 5.91 Å². The highest BCUT2D eigenvalue weighted by Gasteiger charge is 2.02. The number of nitrogens with one attached hydrogen (secondary N) is 1. The van der Waals surface area contributed by atoms with E-state index in [0.29, 0.717) is 6.54 Å². The molecule has 1 heterocycles. The molecule has 3 nitrogen and oxygen atoms in total. The molecule has 0 fully saturated rings. The maximum absolute atomic E-state index is 10.6. The summed E-state index contributed by atoms with van der Waals surface area (Å²) in [7, 11) is 0. The fourth-order valence-corrected chi connectivity index (χ4v) is 1.93. The fraction of sp³-hybridized carbons (Fsp3) is 0.556. The van der Waals surface area contributed by atoms with Crippen LogP contribution in [0, 0.1) is 13.8 Å². The van der Waals surface area contributed by atoms with Crippen molar-refractivity contribution in [3.8, 4) is 0 Å². The Hall–Kier alpha value is -0.900. The summed E-state index contributed by atoms with van der Waals surface area (Å²) >= 11 is 1.70. The molecule has 0 aliphatic carbocycles. The average Bonchev–Trinajstić information content (AvgIpc) is 2.30. The van der Waals surface area contributed by atoms with Crippen molar-refractivity contribution in [3.63, 3.8) is 0 Å². The molecule has 13 heavy (non-hydrogen) atoms. The van der Waals surface area contributed by atoms with Crippen LogP contribution < -0.4 is 5.32 Å². The normalized spacial score (nSPS) is 10.1. The first-order chi connectivity index (χ1) is 6.09. The van der Waals surface area contributed by atoms with Crippen LogP contribution in [0.25, 0.3) is 0 Å². The van der Waals surface area contributed by atoms with Gasteiger partial charge in [-0.15, -0.1) is 11.3 Å². The van der Waals surface area contributed by atoms with Crippen molar-refractivity contribution < 1.29 is 4.79 Å². The summed E-state index contributed by atoms with van der Waals surface area (Å²) in [5, 5.41) is 3.85. The summed E-state index contributed by atoms with van der Waals surface area (Å²) in [4.78, 5) is 16.2. The van der Waals surface area contributed by atoms with Crippen LogP contribution in [-0.4, -0.2) is 17.4 Å². The Labute approximate surface area is 82.2 Å². The maximum atomic E-state index is 10.6. The Kier molecular flexibility index (Phi) is 3.42. The second-order valence-electron chi connectivity index (χ2n) is 2.98. The molecule has 0 spiro atoms. The van der Waals surface area contributed by atoms with Crippen LogP contribution in [-0.2, 0) is 11.2 Å². The van der Waals surface area contributed by atoms with E-state index in [2.05, 4.69) is 17.2 Å². The molecule has 0 bridgehead atoms. The third kappa shape index (κ3) is 3.14. The molecule has 72 valence electrons. The van der Waals surface area contributed by atoms with Gasteiger partial charge in [-0.1, -0.05) is 0 Å². The van der Waals surface area contributed by atoms with Gasteiger partial charge in [-0.25, -0.2) is 4.98 Å². The number of thiazole rings is 1. The summed E-state index contributed by atoms with van der Waals surface area (Å²) in [5.74, 6) is 0.0185. The quantitative estimate of drug-likeness (QED) is 0.798. The molecule has 1 rings (SSSR count). The standard InChI is InChI=1S/C9H14N2OS/c1-6-7(2)13-9(11-6)4-5-10-8(3)12/h4-5H2,1-3H3,(H,10,12). The van der Waals surface area contributed by atoms with Crippen molar-refractivity contribution in [3.05, 3.63) is 15.6 Å². The Balaban J connectivity index is 2.41. The van der Waals surface area contributed by atoms with Crippen molar-refractivity contribution >= 4 is 17.2 Å². The minimum atomic E-state index is 0.0185.